The highest BCUT2D eigenvalue weighted by atomic mass is 16.5. The molecule has 21 heavy (non-hydrogen) atoms. The van der Waals surface area contributed by atoms with Crippen LogP contribution >= 0.6 is 0 Å². The van der Waals surface area contributed by atoms with E-state index in [-0.39, 0.29) is 0 Å². The zero-order valence-electron chi connectivity index (χ0n) is 12.5. The third kappa shape index (κ3) is 4.75. The molecule has 0 aliphatic carbocycles. The van der Waals surface area contributed by atoms with Gasteiger partial charge in [-0.25, -0.2) is 4.79 Å². The summed E-state index contributed by atoms with van der Waals surface area (Å²) in [5, 5.41) is 8.98. The number of para-hydroxylation sites is 1. The number of amides is 1. The summed E-state index contributed by atoms with van der Waals surface area (Å²) in [6, 6.07) is 5.85. The molecule has 0 saturated carbocycles. The maximum absolute atomic E-state index is 12.4. The monoisotopic (exact) mass is 295 g/mol. The Hall–Kier alpha value is -2.08. The minimum atomic E-state index is -1.06. The van der Waals surface area contributed by atoms with Crippen molar-refractivity contribution in [1.82, 2.24) is 4.90 Å². The van der Waals surface area contributed by atoms with Crippen molar-refractivity contribution in [2.24, 2.45) is 0 Å². The van der Waals surface area contributed by atoms with Gasteiger partial charge in [-0.15, -0.1) is 0 Å². The predicted octanol–water partition coefficient (Wildman–Crippen LogP) is 1.65. The molecule has 116 valence electrons. The lowest BCUT2D eigenvalue weighted by Gasteiger charge is -2.22. The molecule has 0 fully saturated rings. The van der Waals surface area contributed by atoms with E-state index in [1.807, 2.05) is 6.92 Å². The van der Waals surface area contributed by atoms with Crippen LogP contribution in [0.25, 0.3) is 0 Å². The van der Waals surface area contributed by atoms with E-state index in [4.69, 9.17) is 14.6 Å². The second kappa shape index (κ2) is 8.26. The first-order chi connectivity index (χ1) is 9.99. The molecular weight excluding hydrogens is 274 g/mol. The highest BCUT2D eigenvalue weighted by Crippen LogP contribution is 2.20. The summed E-state index contributed by atoms with van der Waals surface area (Å²) in [5.41, 5.74) is 0.338. The molecule has 1 amide bonds. The number of carboxylic acids is 1. The van der Waals surface area contributed by atoms with Crippen LogP contribution in [-0.2, 0) is 9.53 Å². The Balaban J connectivity index is 2.82. The van der Waals surface area contributed by atoms with Crippen LogP contribution in [0.2, 0.25) is 0 Å². The SMILES string of the molecule is CCOCCOc1ccccc1C(=O)N(C)C(C)C(=O)O. The first-order valence-electron chi connectivity index (χ1n) is 6.78. The normalized spacial score (nSPS) is 11.8. The number of carbonyl (C=O) groups is 2. The maximum atomic E-state index is 12.4. The highest BCUT2D eigenvalue weighted by Gasteiger charge is 2.24. The molecular formula is C15H21NO5. The molecule has 1 aromatic carbocycles. The van der Waals surface area contributed by atoms with Crippen LogP contribution in [-0.4, -0.2) is 54.8 Å². The summed E-state index contributed by atoms with van der Waals surface area (Å²) < 4.78 is 10.7. The summed E-state index contributed by atoms with van der Waals surface area (Å²) in [6.45, 7) is 4.71. The molecule has 1 rings (SSSR count). The van der Waals surface area contributed by atoms with Crippen molar-refractivity contribution < 1.29 is 24.2 Å². The molecule has 6 heteroatoms. The van der Waals surface area contributed by atoms with Crippen LogP contribution in [0.1, 0.15) is 24.2 Å². The summed E-state index contributed by atoms with van der Waals surface area (Å²) in [5.74, 6) is -1.02. The van der Waals surface area contributed by atoms with E-state index in [1.54, 1.807) is 24.3 Å². The van der Waals surface area contributed by atoms with Gasteiger partial charge in [0, 0.05) is 13.7 Å². The van der Waals surface area contributed by atoms with Gasteiger partial charge in [-0.3, -0.25) is 4.79 Å². The molecule has 1 N–H and O–H groups in total. The van der Waals surface area contributed by atoms with Gasteiger partial charge in [0.25, 0.3) is 5.91 Å². The quantitative estimate of drug-likeness (QED) is 0.738. The Labute approximate surface area is 124 Å². The van der Waals surface area contributed by atoms with Crippen LogP contribution in [0, 0.1) is 0 Å². The van der Waals surface area contributed by atoms with Crippen LogP contribution in [0.4, 0.5) is 0 Å². The van der Waals surface area contributed by atoms with E-state index < -0.39 is 17.9 Å². The fraction of sp³-hybridized carbons (Fsp3) is 0.467. The van der Waals surface area contributed by atoms with Gasteiger partial charge < -0.3 is 19.5 Å². The standard InChI is InChI=1S/C15H21NO5/c1-4-20-9-10-21-13-8-6-5-7-12(13)14(17)16(3)11(2)15(18)19/h5-8,11H,4,9-10H2,1-3H3,(H,18,19). The third-order valence-corrected chi connectivity index (χ3v) is 3.07. The van der Waals surface area contributed by atoms with Crippen molar-refractivity contribution in [1.29, 1.82) is 0 Å². The number of ether oxygens (including phenoxy) is 2. The fourth-order valence-electron chi connectivity index (χ4n) is 1.66. The van der Waals surface area contributed by atoms with Gasteiger partial charge in [0.15, 0.2) is 0 Å². The Bertz CT molecular complexity index is 489. The van der Waals surface area contributed by atoms with Crippen molar-refractivity contribution in [2.45, 2.75) is 19.9 Å². The van der Waals surface area contributed by atoms with Gasteiger partial charge in [0.05, 0.1) is 12.2 Å². The molecule has 0 aliphatic heterocycles. The zero-order valence-corrected chi connectivity index (χ0v) is 12.5. The van der Waals surface area contributed by atoms with Crippen molar-refractivity contribution in [3.05, 3.63) is 29.8 Å². The van der Waals surface area contributed by atoms with Crippen molar-refractivity contribution >= 4 is 11.9 Å². The summed E-state index contributed by atoms with van der Waals surface area (Å²) in [6.07, 6.45) is 0. The van der Waals surface area contributed by atoms with Crippen molar-refractivity contribution in [3.63, 3.8) is 0 Å². The lowest BCUT2D eigenvalue weighted by molar-refractivity contribution is -0.141. The van der Waals surface area contributed by atoms with E-state index in [0.29, 0.717) is 31.1 Å². The van der Waals surface area contributed by atoms with Crippen molar-refractivity contribution in [2.75, 3.05) is 26.9 Å². The Morgan fingerprint density at radius 3 is 2.57 bits per heavy atom. The Kier molecular flexibility index (Phi) is 6.68. The van der Waals surface area contributed by atoms with Crippen molar-refractivity contribution in [3.8, 4) is 5.75 Å². The molecule has 0 saturated heterocycles. The number of aliphatic carboxylic acids is 1. The molecule has 0 heterocycles. The van der Waals surface area contributed by atoms with Crippen LogP contribution in [0.5, 0.6) is 5.75 Å². The molecule has 0 aromatic heterocycles. The van der Waals surface area contributed by atoms with E-state index >= 15 is 0 Å². The van der Waals surface area contributed by atoms with Gasteiger partial charge in [0.2, 0.25) is 0 Å². The number of carboxylic acid groups (broad SMARTS) is 1. The molecule has 1 unspecified atom stereocenters. The average Bonchev–Trinajstić information content (AvgIpc) is 2.49. The number of hydrogen-bond acceptors (Lipinski definition) is 4. The van der Waals surface area contributed by atoms with Gasteiger partial charge in [-0.1, -0.05) is 12.1 Å². The summed E-state index contributed by atoms with van der Waals surface area (Å²) >= 11 is 0. The highest BCUT2D eigenvalue weighted by molar-refractivity contribution is 5.98. The average molecular weight is 295 g/mol. The van der Waals surface area contributed by atoms with Gasteiger partial charge in [-0.2, -0.15) is 0 Å². The van der Waals surface area contributed by atoms with Crippen LogP contribution in [0.3, 0.4) is 0 Å². The summed E-state index contributed by atoms with van der Waals surface area (Å²) in [7, 11) is 1.46. The number of rotatable bonds is 8. The topological polar surface area (TPSA) is 76.1 Å². The molecule has 0 radical (unpaired) electrons. The number of carbonyl (C=O) groups excluding carboxylic acids is 1. The Morgan fingerprint density at radius 1 is 1.29 bits per heavy atom. The molecule has 6 nitrogen and oxygen atoms in total. The van der Waals surface area contributed by atoms with Gasteiger partial charge in [-0.05, 0) is 26.0 Å². The second-order valence-corrected chi connectivity index (χ2v) is 4.47. The molecule has 1 atom stereocenters. The molecule has 0 aliphatic rings. The molecule has 1 aromatic rings. The number of benzene rings is 1. The first-order valence-corrected chi connectivity index (χ1v) is 6.78. The molecule has 0 spiro atoms. The third-order valence-electron chi connectivity index (χ3n) is 3.07. The number of nitrogens with zero attached hydrogens (tertiary/aromatic N) is 1. The Morgan fingerprint density at radius 2 is 1.95 bits per heavy atom. The van der Waals surface area contributed by atoms with Crippen LogP contribution in [0.15, 0.2) is 24.3 Å². The lowest BCUT2D eigenvalue weighted by atomic mass is 10.1. The fourth-order valence-corrected chi connectivity index (χ4v) is 1.66. The number of likely N-dealkylation sites (N-methyl/N-ethyl adjacent to an activating group) is 1. The molecule has 0 bridgehead atoms. The largest absolute Gasteiger partial charge is 0.490 e. The lowest BCUT2D eigenvalue weighted by Crippen LogP contribution is -2.40. The van der Waals surface area contributed by atoms with E-state index in [1.165, 1.54) is 18.9 Å². The van der Waals surface area contributed by atoms with Gasteiger partial charge in [0.1, 0.15) is 18.4 Å². The minimum absolute atomic E-state index is 0.330. The first kappa shape index (κ1) is 17.0. The van der Waals surface area contributed by atoms with Crippen LogP contribution < -0.4 is 4.74 Å². The van der Waals surface area contributed by atoms with E-state index in [0.717, 1.165) is 0 Å². The maximum Gasteiger partial charge on any atom is 0.326 e. The smallest absolute Gasteiger partial charge is 0.326 e. The van der Waals surface area contributed by atoms with E-state index in [9.17, 15) is 9.59 Å². The zero-order chi connectivity index (χ0) is 15.8. The summed E-state index contributed by atoms with van der Waals surface area (Å²) in [4.78, 5) is 24.5. The second-order valence-electron chi connectivity index (χ2n) is 4.47. The minimum Gasteiger partial charge on any atom is -0.490 e. The van der Waals surface area contributed by atoms with Gasteiger partial charge >= 0.3 is 5.97 Å². The predicted molar refractivity (Wildman–Crippen MR) is 77.6 cm³/mol. The number of hydrogen-bond donors (Lipinski definition) is 1. The van der Waals surface area contributed by atoms with E-state index in [2.05, 4.69) is 0 Å².